The molecule has 0 aliphatic carbocycles. The molecule has 2 rings (SSSR count). The van der Waals surface area contributed by atoms with Crippen LogP contribution in [0.25, 0.3) is 0 Å². The lowest BCUT2D eigenvalue weighted by molar-refractivity contribution is -0.136. The third-order valence-corrected chi connectivity index (χ3v) is 2.84. The predicted octanol–water partition coefficient (Wildman–Crippen LogP) is 1.86. The van der Waals surface area contributed by atoms with Crippen LogP contribution in [0.1, 0.15) is 21.6 Å². The lowest BCUT2D eigenvalue weighted by Crippen LogP contribution is -2.11. The van der Waals surface area contributed by atoms with E-state index in [-0.39, 0.29) is 12.0 Å². The Morgan fingerprint density at radius 3 is 2.47 bits per heavy atom. The Bertz CT molecular complexity index is 615. The van der Waals surface area contributed by atoms with Gasteiger partial charge in [-0.3, -0.25) is 4.79 Å². The van der Waals surface area contributed by atoms with Crippen LogP contribution in [0.2, 0.25) is 0 Å². The van der Waals surface area contributed by atoms with Gasteiger partial charge in [-0.1, -0.05) is 18.2 Å². The fourth-order valence-corrected chi connectivity index (χ4v) is 1.97. The number of aromatic nitrogens is 1. The van der Waals surface area contributed by atoms with Crippen LogP contribution in [0.3, 0.4) is 0 Å². The highest BCUT2D eigenvalue weighted by Crippen LogP contribution is 2.13. The zero-order valence-electron chi connectivity index (χ0n) is 10.1. The minimum Gasteiger partial charge on any atom is -0.481 e. The molecule has 0 saturated heterocycles. The summed E-state index contributed by atoms with van der Waals surface area (Å²) in [4.78, 5) is 21.8. The van der Waals surface area contributed by atoms with Gasteiger partial charge in [-0.05, 0) is 23.8 Å². The molecule has 0 aliphatic rings. The molecule has 2 aromatic rings. The Morgan fingerprint density at radius 1 is 1.05 bits per heavy atom. The topological polar surface area (TPSA) is 79.5 Å². The van der Waals surface area contributed by atoms with Crippen LogP contribution in [0, 0.1) is 0 Å². The first-order chi connectivity index (χ1) is 9.08. The quantitative estimate of drug-likeness (QED) is 0.859. The molecule has 0 spiro atoms. The number of aromatic carboxylic acids is 1. The third-order valence-electron chi connectivity index (χ3n) is 2.84. The van der Waals surface area contributed by atoms with Gasteiger partial charge in [0.15, 0.2) is 0 Å². The average molecular weight is 259 g/mol. The highest BCUT2D eigenvalue weighted by molar-refractivity contribution is 5.89. The number of benzene rings is 1. The number of carbonyl (C=O) groups is 2. The second-order valence-electron chi connectivity index (χ2n) is 4.16. The molecular formula is C14H13NO4. The van der Waals surface area contributed by atoms with Gasteiger partial charge >= 0.3 is 11.9 Å². The second kappa shape index (κ2) is 5.39. The van der Waals surface area contributed by atoms with Crippen molar-refractivity contribution in [3.05, 3.63) is 59.4 Å². The van der Waals surface area contributed by atoms with Crippen molar-refractivity contribution in [1.29, 1.82) is 0 Å². The van der Waals surface area contributed by atoms with Crippen molar-refractivity contribution in [1.82, 2.24) is 4.57 Å². The summed E-state index contributed by atoms with van der Waals surface area (Å²) in [5, 5.41) is 17.9. The van der Waals surface area contributed by atoms with Gasteiger partial charge in [-0.25, -0.2) is 4.79 Å². The summed E-state index contributed by atoms with van der Waals surface area (Å²) in [6.07, 6.45) is 1.67. The third kappa shape index (κ3) is 3.01. The fourth-order valence-electron chi connectivity index (χ4n) is 1.97. The number of carboxylic acids is 2. The van der Waals surface area contributed by atoms with Crippen molar-refractivity contribution in [3.8, 4) is 0 Å². The highest BCUT2D eigenvalue weighted by Gasteiger charge is 2.11. The summed E-state index contributed by atoms with van der Waals surface area (Å²) in [5.41, 5.74) is 1.53. The molecule has 19 heavy (non-hydrogen) atoms. The minimum absolute atomic E-state index is 0.0811. The van der Waals surface area contributed by atoms with E-state index in [2.05, 4.69) is 0 Å². The molecule has 0 fully saturated rings. The maximum absolute atomic E-state index is 11.1. The van der Waals surface area contributed by atoms with Gasteiger partial charge in [-0.15, -0.1) is 0 Å². The van der Waals surface area contributed by atoms with Crippen molar-refractivity contribution in [3.63, 3.8) is 0 Å². The van der Waals surface area contributed by atoms with Gasteiger partial charge < -0.3 is 14.8 Å². The van der Waals surface area contributed by atoms with E-state index in [0.717, 1.165) is 0 Å². The summed E-state index contributed by atoms with van der Waals surface area (Å²) < 4.78 is 1.75. The van der Waals surface area contributed by atoms with E-state index >= 15 is 0 Å². The van der Waals surface area contributed by atoms with Crippen LogP contribution >= 0.6 is 0 Å². The summed E-state index contributed by atoms with van der Waals surface area (Å²) in [5.74, 6) is -1.89. The van der Waals surface area contributed by atoms with Crippen LogP contribution in [0.5, 0.6) is 0 Å². The molecule has 1 aromatic carbocycles. The molecule has 5 nitrogen and oxygen atoms in total. The predicted molar refractivity (Wildman–Crippen MR) is 68.3 cm³/mol. The van der Waals surface area contributed by atoms with Crippen molar-refractivity contribution < 1.29 is 19.8 Å². The maximum atomic E-state index is 11.1. The van der Waals surface area contributed by atoms with Crippen LogP contribution in [-0.2, 0) is 17.8 Å². The Labute approximate surface area is 109 Å². The van der Waals surface area contributed by atoms with E-state index in [9.17, 15) is 9.59 Å². The van der Waals surface area contributed by atoms with Crippen molar-refractivity contribution >= 4 is 11.9 Å². The standard InChI is InChI=1S/C14H13NO4/c16-13(17)8-11-5-3-7-15(11)9-10-4-1-2-6-12(10)14(18)19/h1-7H,8-9H2,(H,16,17)(H,18,19). The lowest BCUT2D eigenvalue weighted by atomic mass is 10.1. The molecule has 0 saturated carbocycles. The van der Waals surface area contributed by atoms with Crippen LogP contribution in [-0.4, -0.2) is 26.7 Å². The maximum Gasteiger partial charge on any atom is 0.336 e. The second-order valence-corrected chi connectivity index (χ2v) is 4.16. The highest BCUT2D eigenvalue weighted by atomic mass is 16.4. The number of nitrogens with zero attached hydrogens (tertiary/aromatic N) is 1. The zero-order valence-corrected chi connectivity index (χ0v) is 10.1. The molecule has 0 aliphatic heterocycles. The van der Waals surface area contributed by atoms with Gasteiger partial charge in [0.2, 0.25) is 0 Å². The largest absolute Gasteiger partial charge is 0.481 e. The van der Waals surface area contributed by atoms with Crippen molar-refractivity contribution in [2.45, 2.75) is 13.0 Å². The van der Waals surface area contributed by atoms with Gasteiger partial charge in [-0.2, -0.15) is 0 Å². The molecule has 0 atom stereocenters. The number of hydrogen-bond acceptors (Lipinski definition) is 2. The van der Waals surface area contributed by atoms with Gasteiger partial charge in [0, 0.05) is 18.4 Å². The lowest BCUT2D eigenvalue weighted by Gasteiger charge is -2.10. The Hall–Kier alpha value is -2.56. The Balaban J connectivity index is 2.29. The molecule has 1 aromatic heterocycles. The van der Waals surface area contributed by atoms with E-state index in [1.54, 1.807) is 41.1 Å². The molecule has 0 unspecified atom stereocenters. The smallest absolute Gasteiger partial charge is 0.336 e. The molecule has 1 heterocycles. The van der Waals surface area contributed by atoms with Gasteiger partial charge in [0.25, 0.3) is 0 Å². The van der Waals surface area contributed by atoms with E-state index < -0.39 is 11.9 Å². The molecule has 0 bridgehead atoms. The normalized spacial score (nSPS) is 10.3. The Kier molecular flexibility index (Phi) is 3.66. The molecule has 2 N–H and O–H groups in total. The molecular weight excluding hydrogens is 246 g/mol. The van der Waals surface area contributed by atoms with Crippen LogP contribution in [0.15, 0.2) is 42.6 Å². The van der Waals surface area contributed by atoms with Gasteiger partial charge in [0.05, 0.1) is 12.0 Å². The summed E-state index contributed by atoms with van der Waals surface area (Å²) in [6.45, 7) is 0.345. The number of aliphatic carboxylic acids is 1. The van der Waals surface area contributed by atoms with E-state index in [4.69, 9.17) is 10.2 Å². The zero-order chi connectivity index (χ0) is 13.8. The van der Waals surface area contributed by atoms with E-state index in [0.29, 0.717) is 17.8 Å². The molecule has 98 valence electrons. The minimum atomic E-state index is -0.984. The SMILES string of the molecule is O=C(O)Cc1cccn1Cc1ccccc1C(=O)O. The summed E-state index contributed by atoms with van der Waals surface area (Å²) >= 11 is 0. The molecule has 5 heteroatoms. The Morgan fingerprint density at radius 2 is 1.79 bits per heavy atom. The monoisotopic (exact) mass is 259 g/mol. The first-order valence-corrected chi connectivity index (χ1v) is 5.75. The van der Waals surface area contributed by atoms with E-state index in [1.165, 1.54) is 6.07 Å². The van der Waals surface area contributed by atoms with Crippen LogP contribution in [0.4, 0.5) is 0 Å². The van der Waals surface area contributed by atoms with Gasteiger partial charge in [0.1, 0.15) is 0 Å². The van der Waals surface area contributed by atoms with E-state index in [1.807, 2.05) is 0 Å². The van der Waals surface area contributed by atoms with Crippen LogP contribution < -0.4 is 0 Å². The van der Waals surface area contributed by atoms with Crippen molar-refractivity contribution in [2.75, 3.05) is 0 Å². The van der Waals surface area contributed by atoms with Crippen molar-refractivity contribution in [2.24, 2.45) is 0 Å². The summed E-state index contributed by atoms with van der Waals surface area (Å²) in [7, 11) is 0. The summed E-state index contributed by atoms with van der Waals surface area (Å²) in [6, 6.07) is 10.2. The number of rotatable bonds is 5. The number of carboxylic acid groups (broad SMARTS) is 2. The first kappa shape index (κ1) is 12.9. The first-order valence-electron chi connectivity index (χ1n) is 5.75. The number of hydrogen-bond donors (Lipinski definition) is 2. The molecule has 0 radical (unpaired) electrons. The molecule has 0 amide bonds. The fraction of sp³-hybridized carbons (Fsp3) is 0.143. The average Bonchev–Trinajstić information content (AvgIpc) is 2.76.